The third-order valence-electron chi connectivity index (χ3n) is 3.77. The van der Waals surface area contributed by atoms with Crippen LogP contribution >= 0.6 is 0 Å². The fourth-order valence-corrected chi connectivity index (χ4v) is 2.38. The van der Waals surface area contributed by atoms with Gasteiger partial charge < -0.3 is 4.74 Å². The predicted octanol–water partition coefficient (Wildman–Crippen LogP) is 5.40. The topological polar surface area (TPSA) is 22.1 Å². The molecule has 0 atom stereocenters. The first-order valence-electron chi connectivity index (χ1n) is 7.64. The van der Waals surface area contributed by atoms with Crippen molar-refractivity contribution >= 4 is 10.9 Å². The molecule has 0 N–H and O–H groups in total. The number of nitrogens with zero attached hydrogens (tertiary/aromatic N) is 1. The van der Waals surface area contributed by atoms with E-state index in [9.17, 15) is 13.2 Å². The number of ether oxygens (including phenoxy) is 1. The van der Waals surface area contributed by atoms with E-state index in [1.165, 1.54) is 12.1 Å². The zero-order chi connectivity index (χ0) is 17.2. The molecular formula is C19H16F3NO. The van der Waals surface area contributed by atoms with Gasteiger partial charge in [-0.3, -0.25) is 4.98 Å². The van der Waals surface area contributed by atoms with E-state index < -0.39 is 11.7 Å². The van der Waals surface area contributed by atoms with Crippen LogP contribution < -0.4 is 4.74 Å². The van der Waals surface area contributed by atoms with Gasteiger partial charge in [-0.05, 0) is 42.3 Å². The zero-order valence-electron chi connectivity index (χ0n) is 13.1. The van der Waals surface area contributed by atoms with E-state index in [1.807, 2.05) is 37.3 Å². The number of aryl methyl sites for hydroxylation is 1. The lowest BCUT2D eigenvalue weighted by molar-refractivity contribution is -0.137. The molecule has 0 spiro atoms. The molecule has 0 saturated carbocycles. The molecule has 124 valence electrons. The monoisotopic (exact) mass is 331 g/mol. The Labute approximate surface area is 137 Å². The third kappa shape index (κ3) is 3.67. The Morgan fingerprint density at radius 1 is 0.958 bits per heavy atom. The second-order valence-electron chi connectivity index (χ2n) is 5.49. The third-order valence-corrected chi connectivity index (χ3v) is 3.77. The van der Waals surface area contributed by atoms with Gasteiger partial charge in [-0.15, -0.1) is 0 Å². The normalized spacial score (nSPS) is 11.7. The molecule has 0 amide bonds. The summed E-state index contributed by atoms with van der Waals surface area (Å²) in [5, 5.41) is 1.02. The number of rotatable bonds is 4. The van der Waals surface area contributed by atoms with E-state index >= 15 is 0 Å². The second-order valence-corrected chi connectivity index (χ2v) is 5.49. The summed E-state index contributed by atoms with van der Waals surface area (Å²) in [6.45, 7) is 2.25. The minimum atomic E-state index is -4.32. The van der Waals surface area contributed by atoms with Gasteiger partial charge in [0.05, 0.1) is 11.1 Å². The van der Waals surface area contributed by atoms with Gasteiger partial charge in [-0.25, -0.2) is 0 Å². The molecule has 3 rings (SSSR count). The van der Waals surface area contributed by atoms with Crippen LogP contribution in [-0.2, 0) is 19.2 Å². The first kappa shape index (κ1) is 16.3. The molecule has 0 aliphatic heterocycles. The lowest BCUT2D eigenvalue weighted by Crippen LogP contribution is -2.05. The summed E-state index contributed by atoms with van der Waals surface area (Å²) in [7, 11) is 0. The van der Waals surface area contributed by atoms with E-state index in [1.54, 1.807) is 0 Å². The summed E-state index contributed by atoms with van der Waals surface area (Å²) in [5.74, 6) is 0.642. The summed E-state index contributed by atoms with van der Waals surface area (Å²) in [6.07, 6.45) is -3.47. The SMILES string of the molecule is CCc1ccc2ccc(OCc3ccc(C(F)(F)F)cc3)cc2n1. The maximum absolute atomic E-state index is 12.5. The van der Waals surface area contributed by atoms with Crippen LogP contribution in [0.5, 0.6) is 5.75 Å². The number of halogens is 3. The highest BCUT2D eigenvalue weighted by Gasteiger charge is 2.29. The number of alkyl halides is 3. The number of benzene rings is 2. The summed E-state index contributed by atoms with van der Waals surface area (Å²) in [4.78, 5) is 4.54. The highest BCUT2D eigenvalue weighted by Crippen LogP contribution is 2.29. The van der Waals surface area contributed by atoms with Gasteiger partial charge in [0.15, 0.2) is 0 Å². The van der Waals surface area contributed by atoms with Crippen LogP contribution in [0.3, 0.4) is 0 Å². The summed E-state index contributed by atoms with van der Waals surface area (Å²) < 4.78 is 43.3. The maximum Gasteiger partial charge on any atom is 0.416 e. The molecule has 1 heterocycles. The second kappa shape index (κ2) is 6.51. The Bertz CT molecular complexity index is 841. The van der Waals surface area contributed by atoms with Crippen molar-refractivity contribution < 1.29 is 17.9 Å². The van der Waals surface area contributed by atoms with Crippen molar-refractivity contribution in [1.29, 1.82) is 0 Å². The van der Waals surface area contributed by atoms with Gasteiger partial charge in [0.2, 0.25) is 0 Å². The molecule has 0 saturated heterocycles. The van der Waals surface area contributed by atoms with Crippen molar-refractivity contribution in [2.75, 3.05) is 0 Å². The molecule has 0 radical (unpaired) electrons. The summed E-state index contributed by atoms with van der Waals surface area (Å²) >= 11 is 0. The fraction of sp³-hybridized carbons (Fsp3) is 0.211. The number of aromatic nitrogens is 1. The summed E-state index contributed by atoms with van der Waals surface area (Å²) in [5.41, 5.74) is 1.87. The summed E-state index contributed by atoms with van der Waals surface area (Å²) in [6, 6.07) is 14.6. The smallest absolute Gasteiger partial charge is 0.416 e. The largest absolute Gasteiger partial charge is 0.489 e. The Morgan fingerprint density at radius 3 is 2.33 bits per heavy atom. The molecule has 24 heavy (non-hydrogen) atoms. The van der Waals surface area contributed by atoms with Gasteiger partial charge in [0.1, 0.15) is 12.4 Å². The zero-order valence-corrected chi connectivity index (χ0v) is 13.1. The van der Waals surface area contributed by atoms with Crippen LogP contribution in [-0.4, -0.2) is 4.98 Å². The molecule has 5 heteroatoms. The first-order chi connectivity index (χ1) is 11.5. The molecule has 0 aliphatic carbocycles. The lowest BCUT2D eigenvalue weighted by Gasteiger charge is -2.10. The van der Waals surface area contributed by atoms with Crippen molar-refractivity contribution in [3.05, 3.63) is 71.4 Å². The average molecular weight is 331 g/mol. The molecule has 0 unspecified atom stereocenters. The predicted molar refractivity (Wildman–Crippen MR) is 86.9 cm³/mol. The average Bonchev–Trinajstić information content (AvgIpc) is 2.58. The molecular weight excluding hydrogens is 315 g/mol. The van der Waals surface area contributed by atoms with E-state index in [4.69, 9.17) is 4.74 Å². The highest BCUT2D eigenvalue weighted by atomic mass is 19.4. The van der Waals surface area contributed by atoms with Crippen LogP contribution in [0.25, 0.3) is 10.9 Å². The van der Waals surface area contributed by atoms with E-state index in [-0.39, 0.29) is 6.61 Å². The Morgan fingerprint density at radius 2 is 1.67 bits per heavy atom. The quantitative estimate of drug-likeness (QED) is 0.639. The lowest BCUT2D eigenvalue weighted by atomic mass is 10.1. The molecule has 2 aromatic carbocycles. The first-order valence-corrected chi connectivity index (χ1v) is 7.64. The Balaban J connectivity index is 1.73. The van der Waals surface area contributed by atoms with Gasteiger partial charge in [-0.1, -0.05) is 25.1 Å². The van der Waals surface area contributed by atoms with Crippen LogP contribution in [0.1, 0.15) is 23.7 Å². The molecule has 2 nitrogen and oxygen atoms in total. The molecule has 3 aromatic rings. The van der Waals surface area contributed by atoms with Crippen molar-refractivity contribution in [1.82, 2.24) is 4.98 Å². The Hall–Kier alpha value is -2.56. The van der Waals surface area contributed by atoms with Crippen molar-refractivity contribution in [2.24, 2.45) is 0 Å². The maximum atomic E-state index is 12.5. The van der Waals surface area contributed by atoms with Crippen LogP contribution in [0.15, 0.2) is 54.6 Å². The molecule has 1 aromatic heterocycles. The minimum Gasteiger partial charge on any atom is -0.489 e. The Kier molecular flexibility index (Phi) is 4.42. The number of pyridine rings is 1. The van der Waals surface area contributed by atoms with Gasteiger partial charge in [0, 0.05) is 17.1 Å². The number of fused-ring (bicyclic) bond motifs is 1. The van der Waals surface area contributed by atoms with E-state index in [0.29, 0.717) is 11.3 Å². The van der Waals surface area contributed by atoms with Crippen molar-refractivity contribution in [3.63, 3.8) is 0 Å². The van der Waals surface area contributed by atoms with E-state index in [0.717, 1.165) is 35.2 Å². The molecule has 0 aliphatic rings. The van der Waals surface area contributed by atoms with Crippen LogP contribution in [0, 0.1) is 0 Å². The fourth-order valence-electron chi connectivity index (χ4n) is 2.38. The minimum absolute atomic E-state index is 0.205. The van der Waals surface area contributed by atoms with Crippen LogP contribution in [0.4, 0.5) is 13.2 Å². The highest BCUT2D eigenvalue weighted by molar-refractivity contribution is 5.80. The number of hydrogen-bond donors (Lipinski definition) is 0. The van der Waals surface area contributed by atoms with Gasteiger partial charge in [-0.2, -0.15) is 13.2 Å². The molecule has 0 bridgehead atoms. The van der Waals surface area contributed by atoms with Crippen LogP contribution in [0.2, 0.25) is 0 Å². The van der Waals surface area contributed by atoms with Gasteiger partial charge >= 0.3 is 6.18 Å². The van der Waals surface area contributed by atoms with Gasteiger partial charge in [0.25, 0.3) is 0 Å². The van der Waals surface area contributed by atoms with Crippen molar-refractivity contribution in [2.45, 2.75) is 26.1 Å². The standard InChI is InChI=1S/C19H16F3NO/c1-2-16-9-5-14-6-10-17(11-18(14)23-16)24-12-13-3-7-15(8-4-13)19(20,21)22/h3-11H,2,12H2,1H3. The van der Waals surface area contributed by atoms with Crippen molar-refractivity contribution in [3.8, 4) is 5.75 Å². The van der Waals surface area contributed by atoms with E-state index in [2.05, 4.69) is 4.98 Å². The number of hydrogen-bond acceptors (Lipinski definition) is 2. The molecule has 0 fully saturated rings.